The Hall–Kier alpha value is -9.18. The molecule has 117 heavy (non-hydrogen) atoms. The Morgan fingerprint density at radius 2 is 0.940 bits per heavy atom. The number of hydrogen-bond donors (Lipinski definition) is 7. The van der Waals surface area contributed by atoms with Gasteiger partial charge in [-0.1, -0.05) is 28.2 Å². The largest absolute Gasteiger partial charge is 0.507 e. The minimum Gasteiger partial charge on any atom is -0.507 e. The van der Waals surface area contributed by atoms with Crippen LogP contribution < -0.4 is 33.7 Å². The Morgan fingerprint density at radius 3 is 1.33 bits per heavy atom. The molecule has 0 saturated carbocycles. The molecule has 0 spiro atoms. The SMILES string of the molecule is C.CC1=NCC(C)=C1CCNC(=O)C1(C)CCc2c(C)c(O)c(C)c(C)c2O1.COc1cc(C)c(O)c(C)c1.COc1cc(CN2CCOCC2)c(O)c(C(C)(C)C)c1.Cc1c(C)c2c(c(C)c1O)CCC(C)(C)O2.Cc1c(C)c2c(c(C)c1O)CCC(C)(C)O2.Cc1nc(CN(C)C(=O)C2(C)CCc3c(C)c(O)c(C)c(C)c3O2)cs1. The Bertz CT molecular complexity index is 4770. The molecule has 7 N–H and O–H groups in total. The van der Waals surface area contributed by atoms with Gasteiger partial charge in [-0.2, -0.15) is 0 Å². The number of thiazole rings is 1. The van der Waals surface area contributed by atoms with E-state index in [1.165, 1.54) is 22.3 Å². The number of nitrogens with one attached hydrogen (secondary N) is 1. The van der Waals surface area contributed by atoms with Crippen LogP contribution in [0.4, 0.5) is 0 Å². The van der Waals surface area contributed by atoms with Crippen molar-refractivity contribution in [2.45, 2.75) is 286 Å². The average molecular weight is 1630 g/mol. The number of rotatable bonds is 11. The highest BCUT2D eigenvalue weighted by atomic mass is 32.1. The van der Waals surface area contributed by atoms with Gasteiger partial charge in [0.15, 0.2) is 11.2 Å². The van der Waals surface area contributed by atoms with E-state index in [1.807, 2.05) is 154 Å². The lowest BCUT2D eigenvalue weighted by Crippen LogP contribution is -2.51. The van der Waals surface area contributed by atoms with Gasteiger partial charge in [-0.05, 0) is 323 Å². The molecule has 0 bridgehead atoms. The number of likely N-dealkylation sites (N-methyl/N-ethyl adjacent to an activating group) is 1. The number of carbonyl (C=O) groups is 2. The molecule has 6 aliphatic rings. The lowest BCUT2D eigenvalue weighted by molar-refractivity contribution is -0.147. The topological polar surface area (TPSA) is 264 Å². The van der Waals surface area contributed by atoms with Crippen LogP contribution in [-0.4, -0.2) is 146 Å². The molecule has 7 aromatic rings. The van der Waals surface area contributed by atoms with Crippen LogP contribution in [-0.2, 0) is 58.5 Å². The summed E-state index contributed by atoms with van der Waals surface area (Å²) >= 11 is 1.59. The van der Waals surface area contributed by atoms with Crippen molar-refractivity contribution in [3.05, 3.63) is 163 Å². The van der Waals surface area contributed by atoms with Crippen molar-refractivity contribution >= 4 is 28.9 Å². The fourth-order valence-electron chi connectivity index (χ4n) is 15.9. The van der Waals surface area contributed by atoms with Crippen molar-refractivity contribution in [3.8, 4) is 69.0 Å². The summed E-state index contributed by atoms with van der Waals surface area (Å²) in [6, 6.07) is 7.48. The predicted octanol–water partition coefficient (Wildman–Crippen LogP) is 19.5. The van der Waals surface area contributed by atoms with Gasteiger partial charge in [-0.15, -0.1) is 11.3 Å². The summed E-state index contributed by atoms with van der Waals surface area (Å²) in [7, 11) is 5.07. The minimum atomic E-state index is -0.909. The number of carbonyl (C=O) groups excluding carboxylic acids is 2. The van der Waals surface area contributed by atoms with Crippen LogP contribution in [0.3, 0.4) is 0 Å². The molecule has 20 nitrogen and oxygen atoms in total. The van der Waals surface area contributed by atoms with E-state index in [0.29, 0.717) is 66.8 Å². The zero-order chi connectivity index (χ0) is 86.5. The molecule has 1 fully saturated rings. The Balaban J connectivity index is 0.000000198. The highest BCUT2D eigenvalue weighted by molar-refractivity contribution is 7.09. The normalized spacial score (nSPS) is 17.9. The highest BCUT2D eigenvalue weighted by Crippen LogP contribution is 2.48. The van der Waals surface area contributed by atoms with E-state index < -0.39 is 11.2 Å². The predicted molar refractivity (Wildman–Crippen MR) is 472 cm³/mol. The molecule has 1 aromatic heterocycles. The maximum absolute atomic E-state index is 13.1. The molecular formula is C96H137N5O15S. The number of amides is 2. The number of phenolic OH excluding ortho intramolecular Hbond substituents is 6. The number of aryl methyl sites for hydroxylation is 3. The first-order chi connectivity index (χ1) is 54.0. The van der Waals surface area contributed by atoms with Crippen LogP contribution in [0.15, 0.2) is 45.8 Å². The first-order valence-corrected chi connectivity index (χ1v) is 41.6. The Labute approximate surface area is 702 Å². The van der Waals surface area contributed by atoms with E-state index in [-0.39, 0.29) is 35.9 Å². The summed E-state index contributed by atoms with van der Waals surface area (Å²) in [5.41, 5.74) is 21.5. The maximum atomic E-state index is 13.1. The van der Waals surface area contributed by atoms with Gasteiger partial charge in [0, 0.05) is 90.5 Å². The number of fused-ring (bicyclic) bond motifs is 4. The van der Waals surface area contributed by atoms with E-state index in [2.05, 4.69) is 75.6 Å². The van der Waals surface area contributed by atoms with Gasteiger partial charge < -0.3 is 74.0 Å². The van der Waals surface area contributed by atoms with E-state index in [9.17, 15) is 40.2 Å². The number of aromatic hydroxyl groups is 6. The molecule has 642 valence electrons. The standard InChI is InChI=1S/C22H30N2O3.C20H26N2O3S.C16H25NO3.2C14H20O2.C9H12O2.CH4/c1-12-11-24-16(5)17(12)8-10-23-21(26)22(6)9-7-18-15(4)19(25)13(2)14(3)20(18)27-22;1-11-12(2)18-16(13(3)17(11)23)7-8-20(5,25-18)19(24)22(6)9-15-10-26-14(4)21-15;1-16(2,3)14-10-13(19-4)9-12(15(14)18)11-17-5-7-20-8-6-17;2*1-8-9(2)13-11(10(3)12(8)15)6-7-14(4,5)16-13;1-6-4-8(11-3)5-7(2)9(6)10;/h25H,7-11H2,1-6H3,(H,23,26);10,23H,7-9H2,1-6H3;9-10,18H,5-8,11H2,1-4H3;2*15H,6-7H2,1-5H3;4-5,10H,1-3H3;1H4. The van der Waals surface area contributed by atoms with Crippen molar-refractivity contribution in [1.82, 2.24) is 20.1 Å². The minimum absolute atomic E-state index is 0. The van der Waals surface area contributed by atoms with Crippen molar-refractivity contribution in [2.24, 2.45) is 4.99 Å². The molecule has 6 aliphatic heterocycles. The van der Waals surface area contributed by atoms with Gasteiger partial charge >= 0.3 is 0 Å². The van der Waals surface area contributed by atoms with Crippen molar-refractivity contribution in [2.75, 3.05) is 60.7 Å². The number of benzene rings is 6. The number of hydrogen-bond acceptors (Lipinski definition) is 19. The van der Waals surface area contributed by atoms with Gasteiger partial charge in [-0.3, -0.25) is 19.5 Å². The molecule has 13 rings (SSSR count). The summed E-state index contributed by atoms with van der Waals surface area (Å²) in [6.07, 6.45) is 7.39. The zero-order valence-corrected chi connectivity index (χ0v) is 75.8. The number of aliphatic imine (C=N–C) groups is 1. The number of phenols is 6. The van der Waals surface area contributed by atoms with Gasteiger partial charge in [0.1, 0.15) is 80.2 Å². The van der Waals surface area contributed by atoms with Crippen LogP contribution >= 0.6 is 11.3 Å². The number of morpholine rings is 1. The van der Waals surface area contributed by atoms with Crippen molar-refractivity contribution in [1.29, 1.82) is 0 Å². The van der Waals surface area contributed by atoms with E-state index in [1.54, 1.807) is 37.5 Å². The second-order valence-corrected chi connectivity index (χ2v) is 36.2. The Morgan fingerprint density at radius 1 is 0.538 bits per heavy atom. The molecule has 2 atom stereocenters. The first-order valence-electron chi connectivity index (χ1n) is 40.7. The number of aromatic nitrogens is 1. The lowest BCUT2D eigenvalue weighted by atomic mass is 9.85. The van der Waals surface area contributed by atoms with Crippen molar-refractivity contribution in [3.63, 3.8) is 0 Å². The summed E-state index contributed by atoms with van der Waals surface area (Å²) in [4.78, 5) is 38.9. The molecule has 0 aliphatic carbocycles. The van der Waals surface area contributed by atoms with E-state index >= 15 is 0 Å². The summed E-state index contributed by atoms with van der Waals surface area (Å²) in [5, 5.41) is 66.6. The second kappa shape index (κ2) is 38.3. The van der Waals surface area contributed by atoms with Crippen LogP contribution in [0, 0.1) is 104 Å². The molecule has 6 aromatic carbocycles. The second-order valence-electron chi connectivity index (χ2n) is 35.1. The van der Waals surface area contributed by atoms with Gasteiger partial charge in [-0.25, -0.2) is 4.98 Å². The molecule has 21 heteroatoms. The lowest BCUT2D eigenvalue weighted by Gasteiger charge is -2.38. The third-order valence-electron chi connectivity index (χ3n) is 24.3. The third-order valence-corrected chi connectivity index (χ3v) is 25.2. The number of ether oxygens (including phenoxy) is 7. The monoisotopic (exact) mass is 1630 g/mol. The summed E-state index contributed by atoms with van der Waals surface area (Å²) in [6.45, 7) is 57.5. The van der Waals surface area contributed by atoms with E-state index in [0.717, 1.165) is 229 Å². The summed E-state index contributed by atoms with van der Waals surface area (Å²) < 4.78 is 40.4. The van der Waals surface area contributed by atoms with Gasteiger partial charge in [0.05, 0.1) is 51.2 Å². The molecule has 1 saturated heterocycles. The van der Waals surface area contributed by atoms with Crippen molar-refractivity contribution < 1.29 is 73.4 Å². The quantitative estimate of drug-likeness (QED) is 0.0635. The first kappa shape index (κ1) is 95.0. The molecule has 0 radical (unpaired) electrons. The van der Waals surface area contributed by atoms with E-state index in [4.69, 9.17) is 33.2 Å². The molecule has 2 unspecified atom stereocenters. The third kappa shape index (κ3) is 21.7. The van der Waals surface area contributed by atoms with Gasteiger partial charge in [0.2, 0.25) is 0 Å². The molecular weight excluding hydrogens is 1500 g/mol. The van der Waals surface area contributed by atoms with Crippen LogP contribution in [0.25, 0.3) is 0 Å². The number of nitrogens with zero attached hydrogens (tertiary/aromatic N) is 4. The molecule has 2 amide bonds. The number of methoxy groups -OCH3 is 2. The van der Waals surface area contributed by atoms with Gasteiger partial charge in [0.25, 0.3) is 11.8 Å². The fourth-order valence-corrected chi connectivity index (χ4v) is 16.5. The smallest absolute Gasteiger partial charge is 0.266 e. The summed E-state index contributed by atoms with van der Waals surface area (Å²) in [5.74, 6) is 7.22. The Kier molecular flexibility index (Phi) is 31.1. The zero-order valence-electron chi connectivity index (χ0n) is 75.0. The van der Waals surface area contributed by atoms with Crippen LogP contribution in [0.5, 0.6) is 69.0 Å². The van der Waals surface area contributed by atoms with Crippen LogP contribution in [0.1, 0.15) is 238 Å². The maximum Gasteiger partial charge on any atom is 0.266 e. The highest BCUT2D eigenvalue weighted by Gasteiger charge is 2.44. The fraction of sp³-hybridized carbons (Fsp3) is 0.542. The average Bonchev–Trinajstić information content (AvgIpc) is 1.06. The molecule has 7 heterocycles. The van der Waals surface area contributed by atoms with Crippen LogP contribution in [0.2, 0.25) is 0 Å².